The number of alkyl carbamates (subject to hydrolysis) is 2. The summed E-state index contributed by atoms with van der Waals surface area (Å²) in [5.41, 5.74) is -4.83. The van der Waals surface area contributed by atoms with Crippen LogP contribution in [0.25, 0.3) is 0 Å². The predicted molar refractivity (Wildman–Crippen MR) is 369 cm³/mol. The van der Waals surface area contributed by atoms with Crippen molar-refractivity contribution in [3.05, 3.63) is 0 Å². The Balaban J connectivity index is -0.00000107. The molecule has 0 aromatic heterocycles. The zero-order chi connectivity index (χ0) is 72.5. The van der Waals surface area contributed by atoms with E-state index in [1.807, 2.05) is 0 Å². The molecule has 0 heterocycles. The molecule has 0 saturated heterocycles. The first-order chi connectivity index (χ1) is 44.4. The van der Waals surface area contributed by atoms with Gasteiger partial charge in [-0.3, -0.25) is 33.6 Å². The first-order valence-electron chi connectivity index (χ1n) is 32.2. The maximum absolute atomic E-state index is 13.7. The number of nitrogens with one attached hydrogen (secondary N) is 2. The molecule has 572 valence electrons. The van der Waals surface area contributed by atoms with Gasteiger partial charge in [0.05, 0.1) is 156 Å². The fourth-order valence-electron chi connectivity index (χ4n) is 8.51. The fraction of sp³-hybridized carbons (Fsp3) is 0.866. The first-order valence-corrected chi connectivity index (χ1v) is 33.8. The Hall–Kier alpha value is -4.53. The van der Waals surface area contributed by atoms with E-state index in [-0.39, 0.29) is 112 Å². The Kier molecular flexibility index (Phi) is 56.2. The molecule has 28 nitrogen and oxygen atoms in total. The Labute approximate surface area is 595 Å². The van der Waals surface area contributed by atoms with Crippen LogP contribution >= 0.6 is 31.9 Å². The van der Waals surface area contributed by atoms with Crippen LogP contribution in [0.1, 0.15) is 175 Å². The monoisotopic (exact) mass is 1530 g/mol. The minimum atomic E-state index is -1.40. The van der Waals surface area contributed by atoms with Crippen LogP contribution in [-0.2, 0) is 114 Å². The van der Waals surface area contributed by atoms with E-state index in [0.29, 0.717) is 124 Å². The van der Waals surface area contributed by atoms with Crippen molar-refractivity contribution in [1.29, 1.82) is 0 Å². The van der Waals surface area contributed by atoms with Crippen molar-refractivity contribution in [1.82, 2.24) is 10.6 Å². The lowest BCUT2D eigenvalue weighted by atomic mass is 9.69. The number of hydrogen-bond acceptors (Lipinski definition) is 26. The van der Waals surface area contributed by atoms with Crippen molar-refractivity contribution < 1.29 is 124 Å². The summed E-state index contributed by atoms with van der Waals surface area (Å²) >= 11 is 6.83. The third-order valence-corrected chi connectivity index (χ3v) is 14.1. The number of methoxy groups -OCH3 is 3. The molecule has 97 heavy (non-hydrogen) atoms. The average Bonchev–Trinajstić information content (AvgIpc) is 0.797. The highest BCUT2D eigenvalue weighted by molar-refractivity contribution is 9.10. The molecule has 30 heteroatoms. The molecule has 0 spiro atoms. The molecule has 0 aliphatic carbocycles. The SMILES string of the molecule is C.C.COC(=O)CCCCCOC(=O)C(C)(C)CC(C)(Br)C(=O)OCCNC(=O)OC(C)(C)C.COCCOCCOCCOCCOCCOCCOCCOCCOC(=O)C(C)(Br)CC(C)(CC(C)(C)C(=O)OCCCCCC(=O)OC)C(=O)OCCNC(=O)OC(C)(C)C. The average molecular weight is 1530 g/mol. The number of carbonyl (C=O) groups excluding carboxylic acids is 9. The van der Waals surface area contributed by atoms with Crippen molar-refractivity contribution in [2.75, 3.05) is 167 Å². The maximum Gasteiger partial charge on any atom is 0.407 e. The number of esters is 7. The van der Waals surface area contributed by atoms with Gasteiger partial charge in [0, 0.05) is 20.0 Å². The van der Waals surface area contributed by atoms with Crippen molar-refractivity contribution in [3.8, 4) is 0 Å². The smallest absolute Gasteiger partial charge is 0.407 e. The zero-order valence-electron chi connectivity index (χ0n) is 59.7. The largest absolute Gasteiger partial charge is 0.469 e. The van der Waals surface area contributed by atoms with Gasteiger partial charge in [-0.05, 0) is 148 Å². The first kappa shape index (κ1) is 98.8. The third-order valence-electron chi connectivity index (χ3n) is 12.9. The normalized spacial score (nSPS) is 13.3. The second-order valence-electron chi connectivity index (χ2n) is 25.8. The summed E-state index contributed by atoms with van der Waals surface area (Å²) in [4.78, 5) is 111. The molecule has 3 unspecified atom stereocenters. The van der Waals surface area contributed by atoms with Crippen molar-refractivity contribution >= 4 is 85.8 Å². The van der Waals surface area contributed by atoms with Gasteiger partial charge in [0.1, 0.15) is 39.7 Å². The maximum atomic E-state index is 13.7. The van der Waals surface area contributed by atoms with Crippen LogP contribution in [0, 0.1) is 16.2 Å². The second kappa shape index (κ2) is 55.2. The van der Waals surface area contributed by atoms with Gasteiger partial charge in [0.2, 0.25) is 0 Å². The lowest BCUT2D eigenvalue weighted by Crippen LogP contribution is -2.45. The van der Waals surface area contributed by atoms with E-state index in [4.69, 9.17) is 71.1 Å². The summed E-state index contributed by atoms with van der Waals surface area (Å²) in [6, 6.07) is 0. The highest BCUT2D eigenvalue weighted by Crippen LogP contribution is 2.44. The molecule has 3 atom stereocenters. The van der Waals surface area contributed by atoms with Gasteiger partial charge in [0.25, 0.3) is 0 Å². The molecule has 0 fully saturated rings. The van der Waals surface area contributed by atoms with Gasteiger partial charge in [0.15, 0.2) is 0 Å². The second-order valence-corrected chi connectivity index (χ2v) is 29.3. The minimum absolute atomic E-state index is 0. The molecule has 0 bridgehead atoms. The number of unbranched alkanes of at least 4 members (excludes halogenated alkanes) is 4. The lowest BCUT2D eigenvalue weighted by Gasteiger charge is -2.37. The molecule has 0 aliphatic heterocycles. The quantitative estimate of drug-likeness (QED) is 0.0247. The Morgan fingerprint density at radius 1 is 0.320 bits per heavy atom. The van der Waals surface area contributed by atoms with Gasteiger partial charge in [-0.25, -0.2) is 9.59 Å². The fourth-order valence-corrected chi connectivity index (χ4v) is 10.1. The number of carbonyl (C=O) groups is 9. The zero-order valence-corrected chi connectivity index (χ0v) is 62.9. The van der Waals surface area contributed by atoms with E-state index in [2.05, 4.69) is 52.0 Å². The van der Waals surface area contributed by atoms with Gasteiger partial charge < -0.3 is 91.2 Å². The molecule has 0 rings (SSSR count). The van der Waals surface area contributed by atoms with E-state index >= 15 is 0 Å². The van der Waals surface area contributed by atoms with Crippen LogP contribution in [-0.4, -0.2) is 240 Å². The minimum Gasteiger partial charge on any atom is -0.469 e. The molecule has 0 saturated carbocycles. The molecule has 2 N–H and O–H groups in total. The summed E-state index contributed by atoms with van der Waals surface area (Å²) < 4.78 is 87.3. The van der Waals surface area contributed by atoms with E-state index in [9.17, 15) is 43.2 Å². The standard InChI is InChI=1S/C43H78BrNO18.C22H38BrNO8.2CH4/c1-40(2,3)63-39(50)45-14-16-61-37(48)42(6,33-41(4,5)36(47)60-15-12-10-11-13-35(46)52-9)34-43(7,44)38(49)62-32-31-59-30-29-58-28-27-57-26-25-56-24-23-55-22-21-54-20-19-53-18-17-51-8;1-20(2,3)32-19(28)24-12-14-31-18(27)22(6,23)15-21(4,5)17(26)30-13-10-8-9-11-16(25)29-7;;/h10-34H2,1-9H3,(H,45,50);8-15H2,1-7H3,(H,24,28);2*1H4. The molecular weight excluding hydrogens is 1410 g/mol. The predicted octanol–water partition coefficient (Wildman–Crippen LogP) is 9.78. The van der Waals surface area contributed by atoms with Gasteiger partial charge in [-0.2, -0.15) is 0 Å². The van der Waals surface area contributed by atoms with Crippen molar-refractivity contribution in [2.45, 2.75) is 195 Å². The van der Waals surface area contributed by atoms with Crippen LogP contribution in [0.4, 0.5) is 9.59 Å². The van der Waals surface area contributed by atoms with E-state index in [0.717, 1.165) is 6.42 Å². The number of amides is 2. The number of halogens is 2. The number of ether oxygens (including phenoxy) is 17. The van der Waals surface area contributed by atoms with Crippen molar-refractivity contribution in [3.63, 3.8) is 0 Å². The Morgan fingerprint density at radius 2 is 0.608 bits per heavy atom. The third kappa shape index (κ3) is 54.9. The molecule has 0 aromatic rings. The summed E-state index contributed by atoms with van der Waals surface area (Å²) in [5, 5.41) is 5.04. The van der Waals surface area contributed by atoms with Gasteiger partial charge in [-0.15, -0.1) is 0 Å². The molecule has 0 aliphatic rings. The van der Waals surface area contributed by atoms with Crippen LogP contribution in [0.5, 0.6) is 0 Å². The Morgan fingerprint density at radius 3 is 0.938 bits per heavy atom. The molecule has 0 aromatic carbocycles. The molecule has 0 radical (unpaired) electrons. The van der Waals surface area contributed by atoms with Crippen LogP contribution in [0.2, 0.25) is 0 Å². The van der Waals surface area contributed by atoms with E-state index < -0.39 is 78.1 Å². The summed E-state index contributed by atoms with van der Waals surface area (Å²) in [7, 11) is 4.30. The topological polar surface area (TPSA) is 335 Å². The number of rotatable bonds is 53. The van der Waals surface area contributed by atoms with E-state index in [1.54, 1.807) is 97.1 Å². The van der Waals surface area contributed by atoms with Crippen LogP contribution < -0.4 is 10.6 Å². The highest BCUT2D eigenvalue weighted by atomic mass is 79.9. The summed E-state index contributed by atoms with van der Waals surface area (Å²) in [5.74, 6) is -3.40. The van der Waals surface area contributed by atoms with Crippen LogP contribution in [0.15, 0.2) is 0 Å². The van der Waals surface area contributed by atoms with Crippen molar-refractivity contribution in [2.24, 2.45) is 16.2 Å². The molecular formula is C67H124Br2N2O26. The summed E-state index contributed by atoms with van der Waals surface area (Å²) in [6.07, 6.45) is 3.19. The number of hydrogen-bond donors (Lipinski definition) is 2. The number of alkyl halides is 2. The summed E-state index contributed by atoms with van der Waals surface area (Å²) in [6.45, 7) is 28.4. The van der Waals surface area contributed by atoms with Crippen LogP contribution in [0.3, 0.4) is 0 Å². The van der Waals surface area contributed by atoms with Gasteiger partial charge in [-0.1, -0.05) is 46.7 Å². The van der Waals surface area contributed by atoms with E-state index in [1.165, 1.54) is 14.2 Å². The Bertz CT molecular complexity index is 2170. The highest BCUT2D eigenvalue weighted by Gasteiger charge is 2.50. The lowest BCUT2D eigenvalue weighted by molar-refractivity contribution is -0.165. The molecule has 2 amide bonds. The van der Waals surface area contributed by atoms with Gasteiger partial charge >= 0.3 is 54.0 Å².